The van der Waals surface area contributed by atoms with E-state index in [2.05, 4.69) is 34.1 Å². The zero-order chi connectivity index (χ0) is 15.4. The summed E-state index contributed by atoms with van der Waals surface area (Å²) in [6, 6.07) is 8.23. The molecular formula is C17H23N3O2. The molecule has 1 atom stereocenters. The summed E-state index contributed by atoms with van der Waals surface area (Å²) >= 11 is 0. The molecule has 0 amide bonds. The van der Waals surface area contributed by atoms with Crippen molar-refractivity contribution in [1.29, 1.82) is 0 Å². The monoisotopic (exact) mass is 301 g/mol. The smallest absolute Gasteiger partial charge is 0.223 e. The molecule has 0 radical (unpaired) electrons. The van der Waals surface area contributed by atoms with Crippen LogP contribution in [0.2, 0.25) is 0 Å². The predicted molar refractivity (Wildman–Crippen MR) is 83.7 cm³/mol. The van der Waals surface area contributed by atoms with Gasteiger partial charge in [0.1, 0.15) is 5.75 Å². The molecule has 0 spiro atoms. The maximum atomic E-state index is 5.95. The molecule has 1 aromatic heterocycles. The van der Waals surface area contributed by atoms with Gasteiger partial charge in [0.05, 0.1) is 13.2 Å². The fourth-order valence-corrected chi connectivity index (χ4v) is 2.96. The Balaban J connectivity index is 1.50. The number of hydrogen-bond acceptors (Lipinski definition) is 5. The van der Waals surface area contributed by atoms with Gasteiger partial charge in [0.2, 0.25) is 5.89 Å². The maximum absolute atomic E-state index is 5.95. The third kappa shape index (κ3) is 4.07. The molecule has 0 N–H and O–H groups in total. The Morgan fingerprint density at radius 3 is 3.05 bits per heavy atom. The number of piperidine rings is 1. The molecule has 1 aliphatic heterocycles. The maximum Gasteiger partial charge on any atom is 0.223 e. The zero-order valence-corrected chi connectivity index (χ0v) is 13.3. The van der Waals surface area contributed by atoms with E-state index in [-0.39, 0.29) is 0 Å². The Bertz CT molecular complexity index is 611. The lowest BCUT2D eigenvalue weighted by Crippen LogP contribution is -2.37. The number of hydrogen-bond donors (Lipinski definition) is 0. The van der Waals surface area contributed by atoms with Crippen molar-refractivity contribution in [3.63, 3.8) is 0 Å². The second-order valence-corrected chi connectivity index (χ2v) is 6.10. The van der Waals surface area contributed by atoms with Crippen molar-refractivity contribution in [1.82, 2.24) is 15.0 Å². The van der Waals surface area contributed by atoms with Gasteiger partial charge >= 0.3 is 0 Å². The summed E-state index contributed by atoms with van der Waals surface area (Å²) in [4.78, 5) is 6.67. The van der Waals surface area contributed by atoms with Gasteiger partial charge < -0.3 is 9.26 Å². The van der Waals surface area contributed by atoms with Crippen LogP contribution in [0.25, 0.3) is 0 Å². The number of rotatable bonds is 5. The Morgan fingerprint density at radius 2 is 2.27 bits per heavy atom. The molecule has 1 fully saturated rings. The average molecular weight is 301 g/mol. The molecule has 2 aromatic rings. The van der Waals surface area contributed by atoms with E-state index >= 15 is 0 Å². The Labute approximate surface area is 131 Å². The first-order valence-corrected chi connectivity index (χ1v) is 7.90. The molecule has 0 aliphatic carbocycles. The average Bonchev–Trinajstić information content (AvgIpc) is 2.91. The summed E-state index contributed by atoms with van der Waals surface area (Å²) in [6.45, 7) is 7.56. The van der Waals surface area contributed by atoms with Gasteiger partial charge in [0.25, 0.3) is 0 Å². The molecule has 1 saturated heterocycles. The molecule has 5 heteroatoms. The van der Waals surface area contributed by atoms with E-state index in [1.807, 2.05) is 19.1 Å². The lowest BCUT2D eigenvalue weighted by molar-refractivity contribution is 0.122. The second kappa shape index (κ2) is 6.92. The topological polar surface area (TPSA) is 51.4 Å². The van der Waals surface area contributed by atoms with Gasteiger partial charge in [-0.2, -0.15) is 4.98 Å². The van der Waals surface area contributed by atoms with Crippen molar-refractivity contribution in [2.75, 3.05) is 19.7 Å². The highest BCUT2D eigenvalue weighted by atomic mass is 16.5. The minimum atomic E-state index is 0.558. The molecule has 2 heterocycles. The number of aromatic nitrogens is 2. The standard InChI is InChI=1S/C17H23N3O2/c1-13-5-3-7-16(9-13)21-12-15-6-4-8-20(10-15)11-17-18-14(2)22-19-17/h3,5,7,9,15H,4,6,8,10-12H2,1-2H3. The molecule has 1 aromatic carbocycles. The van der Waals surface area contributed by atoms with Gasteiger partial charge in [0.15, 0.2) is 5.82 Å². The summed E-state index contributed by atoms with van der Waals surface area (Å²) in [5.74, 6) is 2.93. The predicted octanol–water partition coefficient (Wildman–Crippen LogP) is 2.98. The van der Waals surface area contributed by atoms with Gasteiger partial charge in [-0.1, -0.05) is 17.3 Å². The fourth-order valence-electron chi connectivity index (χ4n) is 2.96. The van der Waals surface area contributed by atoms with Crippen LogP contribution in [-0.2, 0) is 6.54 Å². The van der Waals surface area contributed by atoms with Crippen LogP contribution in [-0.4, -0.2) is 34.7 Å². The summed E-state index contributed by atoms with van der Waals surface area (Å²) in [5.41, 5.74) is 1.23. The summed E-state index contributed by atoms with van der Waals surface area (Å²) < 4.78 is 11.0. The van der Waals surface area contributed by atoms with Crippen LogP contribution in [0.3, 0.4) is 0 Å². The Morgan fingerprint density at radius 1 is 1.36 bits per heavy atom. The first-order chi connectivity index (χ1) is 10.7. The van der Waals surface area contributed by atoms with Gasteiger partial charge in [-0.25, -0.2) is 0 Å². The molecule has 0 bridgehead atoms. The van der Waals surface area contributed by atoms with E-state index in [1.165, 1.54) is 18.4 Å². The lowest BCUT2D eigenvalue weighted by Gasteiger charge is -2.31. The lowest BCUT2D eigenvalue weighted by atomic mass is 9.99. The number of benzene rings is 1. The zero-order valence-electron chi connectivity index (χ0n) is 13.3. The van der Waals surface area contributed by atoms with Crippen LogP contribution in [0.1, 0.15) is 30.1 Å². The van der Waals surface area contributed by atoms with Gasteiger partial charge in [-0.05, 0) is 44.0 Å². The Hall–Kier alpha value is -1.88. The van der Waals surface area contributed by atoms with E-state index in [1.54, 1.807) is 0 Å². The third-order valence-corrected chi connectivity index (χ3v) is 4.01. The molecule has 0 saturated carbocycles. The fraction of sp³-hybridized carbons (Fsp3) is 0.529. The number of nitrogens with zero attached hydrogens (tertiary/aromatic N) is 3. The SMILES string of the molecule is Cc1cccc(OCC2CCCN(Cc3noc(C)n3)C2)c1. The van der Waals surface area contributed by atoms with E-state index in [0.29, 0.717) is 11.8 Å². The minimum Gasteiger partial charge on any atom is -0.493 e. The highest BCUT2D eigenvalue weighted by Crippen LogP contribution is 2.20. The third-order valence-electron chi connectivity index (χ3n) is 4.01. The first-order valence-electron chi connectivity index (χ1n) is 7.90. The van der Waals surface area contributed by atoms with Gasteiger partial charge in [-0.3, -0.25) is 4.90 Å². The molecule has 1 aliphatic rings. The molecule has 118 valence electrons. The van der Waals surface area contributed by atoms with Crippen molar-refractivity contribution >= 4 is 0 Å². The molecule has 1 unspecified atom stereocenters. The number of likely N-dealkylation sites (tertiary alicyclic amines) is 1. The van der Waals surface area contributed by atoms with Crippen LogP contribution in [0, 0.1) is 19.8 Å². The van der Waals surface area contributed by atoms with Crippen molar-refractivity contribution < 1.29 is 9.26 Å². The second-order valence-electron chi connectivity index (χ2n) is 6.10. The molecule has 22 heavy (non-hydrogen) atoms. The number of ether oxygens (including phenoxy) is 1. The van der Waals surface area contributed by atoms with Crippen molar-refractivity contribution in [3.05, 3.63) is 41.5 Å². The van der Waals surface area contributed by atoms with Gasteiger partial charge in [-0.15, -0.1) is 0 Å². The first kappa shape index (κ1) is 15.0. The highest BCUT2D eigenvalue weighted by Gasteiger charge is 2.21. The van der Waals surface area contributed by atoms with Gasteiger partial charge in [0, 0.05) is 19.4 Å². The van der Waals surface area contributed by atoms with E-state index in [4.69, 9.17) is 9.26 Å². The largest absolute Gasteiger partial charge is 0.493 e. The van der Waals surface area contributed by atoms with Crippen molar-refractivity contribution in [2.45, 2.75) is 33.2 Å². The normalized spacial score (nSPS) is 19.3. The molecule has 3 rings (SSSR count). The van der Waals surface area contributed by atoms with E-state index in [0.717, 1.165) is 37.8 Å². The summed E-state index contributed by atoms with van der Waals surface area (Å²) in [6.07, 6.45) is 2.41. The summed E-state index contributed by atoms with van der Waals surface area (Å²) in [5, 5.41) is 3.98. The molecular weight excluding hydrogens is 278 g/mol. The number of aryl methyl sites for hydroxylation is 2. The minimum absolute atomic E-state index is 0.558. The summed E-state index contributed by atoms with van der Waals surface area (Å²) in [7, 11) is 0. The van der Waals surface area contributed by atoms with Crippen LogP contribution < -0.4 is 4.74 Å². The van der Waals surface area contributed by atoms with Crippen LogP contribution >= 0.6 is 0 Å². The van der Waals surface area contributed by atoms with Crippen LogP contribution in [0.5, 0.6) is 5.75 Å². The molecule has 5 nitrogen and oxygen atoms in total. The van der Waals surface area contributed by atoms with E-state index in [9.17, 15) is 0 Å². The Kier molecular flexibility index (Phi) is 4.73. The van der Waals surface area contributed by atoms with Crippen LogP contribution in [0.4, 0.5) is 0 Å². The van der Waals surface area contributed by atoms with Crippen molar-refractivity contribution in [3.8, 4) is 5.75 Å². The highest BCUT2D eigenvalue weighted by molar-refractivity contribution is 5.27. The van der Waals surface area contributed by atoms with E-state index < -0.39 is 0 Å². The quantitative estimate of drug-likeness (QED) is 0.850. The van der Waals surface area contributed by atoms with Crippen molar-refractivity contribution in [2.24, 2.45) is 5.92 Å². The van der Waals surface area contributed by atoms with Crippen LogP contribution in [0.15, 0.2) is 28.8 Å².